The van der Waals surface area contributed by atoms with Crippen molar-refractivity contribution in [3.05, 3.63) is 35.9 Å². The number of nitrogens with zero attached hydrogens (tertiary/aromatic N) is 1. The number of ether oxygens (including phenoxy) is 1. The maximum Gasteiger partial charge on any atom is 0.234 e. The summed E-state index contributed by atoms with van der Waals surface area (Å²) in [5, 5.41) is 2.88. The molecule has 21 heavy (non-hydrogen) atoms. The minimum atomic E-state index is 0.105. The Morgan fingerprint density at radius 3 is 2.67 bits per heavy atom. The number of amides is 1. The first-order chi connectivity index (χ1) is 10.3. The summed E-state index contributed by atoms with van der Waals surface area (Å²) in [6.07, 6.45) is 3.52. The van der Waals surface area contributed by atoms with Gasteiger partial charge in [-0.2, -0.15) is 0 Å². The van der Waals surface area contributed by atoms with Crippen molar-refractivity contribution in [3.8, 4) is 0 Å². The number of nitrogens with one attached hydrogen (secondary N) is 1. The van der Waals surface area contributed by atoms with Crippen molar-refractivity contribution in [3.63, 3.8) is 0 Å². The molecule has 1 aliphatic rings. The molecule has 0 aromatic heterocycles. The fraction of sp³-hybridized carbons (Fsp3) is 0.588. The van der Waals surface area contributed by atoms with E-state index < -0.39 is 0 Å². The van der Waals surface area contributed by atoms with Gasteiger partial charge in [0.2, 0.25) is 5.91 Å². The highest BCUT2D eigenvalue weighted by atomic mass is 16.5. The third-order valence-electron chi connectivity index (χ3n) is 4.07. The fourth-order valence-electron chi connectivity index (χ4n) is 2.85. The van der Waals surface area contributed by atoms with Crippen molar-refractivity contribution < 1.29 is 9.53 Å². The molecule has 0 saturated carbocycles. The topological polar surface area (TPSA) is 41.6 Å². The zero-order valence-corrected chi connectivity index (χ0v) is 12.9. The number of likely N-dealkylation sites (tertiary alicyclic amines) is 1. The van der Waals surface area contributed by atoms with Gasteiger partial charge in [-0.15, -0.1) is 0 Å². The zero-order chi connectivity index (χ0) is 14.9. The molecule has 2 rings (SSSR count). The molecule has 4 nitrogen and oxygen atoms in total. The van der Waals surface area contributed by atoms with Crippen molar-refractivity contribution in [1.82, 2.24) is 10.2 Å². The summed E-state index contributed by atoms with van der Waals surface area (Å²) in [4.78, 5) is 14.0. The standard InChI is InChI=1S/C17H26N2O2/c1-21-12-9-18-17(20)14-19-10-7-16(8-11-19)13-15-5-3-2-4-6-15/h2-6,16H,7-14H2,1H3,(H,18,20). The van der Waals surface area contributed by atoms with Crippen LogP contribution in [0, 0.1) is 5.92 Å². The summed E-state index contributed by atoms with van der Waals surface area (Å²) in [5.74, 6) is 0.855. The zero-order valence-electron chi connectivity index (χ0n) is 12.9. The van der Waals surface area contributed by atoms with Crippen LogP contribution in [0.15, 0.2) is 30.3 Å². The van der Waals surface area contributed by atoms with Crippen LogP contribution in [0.3, 0.4) is 0 Å². The van der Waals surface area contributed by atoms with Gasteiger partial charge in [0.15, 0.2) is 0 Å². The van der Waals surface area contributed by atoms with Crippen LogP contribution in [0.2, 0.25) is 0 Å². The molecule has 0 bridgehead atoms. The second kappa shape index (κ2) is 8.80. The highest BCUT2D eigenvalue weighted by molar-refractivity contribution is 5.77. The Balaban J connectivity index is 1.65. The fourth-order valence-corrected chi connectivity index (χ4v) is 2.85. The van der Waals surface area contributed by atoms with Gasteiger partial charge in [0, 0.05) is 13.7 Å². The van der Waals surface area contributed by atoms with Gasteiger partial charge in [-0.25, -0.2) is 0 Å². The van der Waals surface area contributed by atoms with Crippen molar-refractivity contribution in [1.29, 1.82) is 0 Å². The Morgan fingerprint density at radius 1 is 1.29 bits per heavy atom. The number of carbonyl (C=O) groups is 1. The lowest BCUT2D eigenvalue weighted by atomic mass is 9.90. The van der Waals surface area contributed by atoms with Crippen LogP contribution in [0.1, 0.15) is 18.4 Å². The van der Waals surface area contributed by atoms with Gasteiger partial charge in [-0.3, -0.25) is 9.69 Å². The van der Waals surface area contributed by atoms with Crippen LogP contribution in [-0.4, -0.2) is 50.7 Å². The minimum absolute atomic E-state index is 0.105. The SMILES string of the molecule is COCCNC(=O)CN1CCC(Cc2ccccc2)CC1. The average Bonchev–Trinajstić information content (AvgIpc) is 2.51. The predicted molar refractivity (Wildman–Crippen MR) is 84.2 cm³/mol. The van der Waals surface area contributed by atoms with E-state index in [1.807, 2.05) is 0 Å². The van der Waals surface area contributed by atoms with Crippen molar-refractivity contribution in [2.75, 3.05) is 39.9 Å². The highest BCUT2D eigenvalue weighted by Crippen LogP contribution is 2.21. The molecule has 1 aromatic carbocycles. The molecule has 1 saturated heterocycles. The lowest BCUT2D eigenvalue weighted by molar-refractivity contribution is -0.122. The minimum Gasteiger partial charge on any atom is -0.383 e. The number of carbonyl (C=O) groups excluding carboxylic acids is 1. The Labute approximate surface area is 127 Å². The molecule has 116 valence electrons. The van der Waals surface area contributed by atoms with Crippen LogP contribution in [0.5, 0.6) is 0 Å². The molecular weight excluding hydrogens is 264 g/mol. The van der Waals surface area contributed by atoms with Crippen LogP contribution in [-0.2, 0) is 16.0 Å². The molecule has 0 spiro atoms. The van der Waals surface area contributed by atoms with Crippen LogP contribution in [0.25, 0.3) is 0 Å². The second-order valence-corrected chi connectivity index (χ2v) is 5.75. The van der Waals surface area contributed by atoms with Gasteiger partial charge in [0.25, 0.3) is 0 Å². The second-order valence-electron chi connectivity index (χ2n) is 5.75. The van der Waals surface area contributed by atoms with Gasteiger partial charge in [-0.1, -0.05) is 30.3 Å². The van der Waals surface area contributed by atoms with E-state index in [-0.39, 0.29) is 5.91 Å². The van der Waals surface area contributed by atoms with Crippen molar-refractivity contribution in [2.45, 2.75) is 19.3 Å². The summed E-state index contributed by atoms with van der Waals surface area (Å²) < 4.78 is 4.92. The first kappa shape index (κ1) is 16.0. The Morgan fingerprint density at radius 2 is 2.00 bits per heavy atom. The predicted octanol–water partition coefficient (Wildman–Crippen LogP) is 1.70. The molecule has 0 aliphatic carbocycles. The average molecular weight is 290 g/mol. The summed E-state index contributed by atoms with van der Waals surface area (Å²) in [6.45, 7) is 3.73. The largest absolute Gasteiger partial charge is 0.383 e. The summed E-state index contributed by atoms with van der Waals surface area (Å²) in [7, 11) is 1.64. The third kappa shape index (κ3) is 5.86. The van der Waals surface area contributed by atoms with E-state index in [9.17, 15) is 4.79 Å². The van der Waals surface area contributed by atoms with Crippen molar-refractivity contribution in [2.24, 2.45) is 5.92 Å². The molecule has 1 N–H and O–H groups in total. The molecule has 1 heterocycles. The van der Waals surface area contributed by atoms with Gasteiger partial charge in [-0.05, 0) is 43.8 Å². The number of benzene rings is 1. The number of hydrogen-bond donors (Lipinski definition) is 1. The van der Waals surface area contributed by atoms with Crippen LogP contribution < -0.4 is 5.32 Å². The Kier molecular flexibility index (Phi) is 6.70. The maximum absolute atomic E-state index is 11.8. The smallest absolute Gasteiger partial charge is 0.234 e. The molecule has 1 aliphatic heterocycles. The molecule has 4 heteroatoms. The quantitative estimate of drug-likeness (QED) is 0.777. The number of hydrogen-bond acceptors (Lipinski definition) is 3. The molecule has 1 aromatic rings. The van der Waals surface area contributed by atoms with E-state index in [1.54, 1.807) is 7.11 Å². The van der Waals surface area contributed by atoms with Crippen LogP contribution in [0.4, 0.5) is 0 Å². The van der Waals surface area contributed by atoms with E-state index in [0.717, 1.165) is 25.4 Å². The Hall–Kier alpha value is -1.39. The van der Waals surface area contributed by atoms with E-state index in [1.165, 1.54) is 18.4 Å². The first-order valence-electron chi connectivity index (χ1n) is 7.80. The molecule has 0 atom stereocenters. The summed E-state index contributed by atoms with van der Waals surface area (Å²) in [5.41, 5.74) is 1.42. The lowest BCUT2D eigenvalue weighted by Gasteiger charge is -2.31. The Bertz CT molecular complexity index is 414. The van der Waals surface area contributed by atoms with E-state index in [0.29, 0.717) is 19.7 Å². The highest BCUT2D eigenvalue weighted by Gasteiger charge is 2.20. The van der Waals surface area contributed by atoms with E-state index in [4.69, 9.17) is 4.74 Å². The number of rotatable bonds is 7. The monoisotopic (exact) mass is 290 g/mol. The summed E-state index contributed by atoms with van der Waals surface area (Å²) >= 11 is 0. The first-order valence-corrected chi connectivity index (χ1v) is 7.80. The van der Waals surface area contributed by atoms with Gasteiger partial charge in [0.1, 0.15) is 0 Å². The molecule has 1 fully saturated rings. The molecule has 0 unspecified atom stereocenters. The van der Waals surface area contributed by atoms with Gasteiger partial charge < -0.3 is 10.1 Å². The maximum atomic E-state index is 11.8. The molecule has 1 amide bonds. The van der Waals surface area contributed by atoms with Gasteiger partial charge in [0.05, 0.1) is 13.2 Å². The number of methoxy groups -OCH3 is 1. The van der Waals surface area contributed by atoms with E-state index in [2.05, 4.69) is 40.5 Å². The van der Waals surface area contributed by atoms with Crippen molar-refractivity contribution >= 4 is 5.91 Å². The van der Waals surface area contributed by atoms with Gasteiger partial charge >= 0.3 is 0 Å². The summed E-state index contributed by atoms with van der Waals surface area (Å²) in [6, 6.07) is 10.7. The normalized spacial score (nSPS) is 16.8. The lowest BCUT2D eigenvalue weighted by Crippen LogP contribution is -2.42. The molecule has 0 radical (unpaired) electrons. The van der Waals surface area contributed by atoms with E-state index >= 15 is 0 Å². The third-order valence-corrected chi connectivity index (χ3v) is 4.07. The number of piperidine rings is 1. The van der Waals surface area contributed by atoms with Crippen LogP contribution >= 0.6 is 0 Å². The molecular formula is C17H26N2O2.